The average molecular weight is 391 g/mol. The normalized spacial score (nSPS) is 10.1. The number of rotatable bonds is 7. The van der Waals surface area contributed by atoms with Gasteiger partial charge in [0.25, 0.3) is 5.91 Å². The Morgan fingerprint density at radius 1 is 1.00 bits per heavy atom. The molecule has 29 heavy (non-hydrogen) atoms. The van der Waals surface area contributed by atoms with Crippen molar-refractivity contribution in [3.05, 3.63) is 72.2 Å². The molecule has 0 radical (unpaired) electrons. The molecule has 3 N–H and O–H groups in total. The third kappa shape index (κ3) is 5.77. The summed E-state index contributed by atoms with van der Waals surface area (Å²) in [5.74, 6) is 0.766. The van der Waals surface area contributed by atoms with Crippen LogP contribution < -0.4 is 20.7 Å². The van der Waals surface area contributed by atoms with Crippen molar-refractivity contribution >= 4 is 29.0 Å². The van der Waals surface area contributed by atoms with E-state index in [0.29, 0.717) is 18.1 Å². The smallest absolute Gasteiger partial charge is 0.270 e. The van der Waals surface area contributed by atoms with Gasteiger partial charge in [-0.1, -0.05) is 18.2 Å². The van der Waals surface area contributed by atoms with E-state index in [9.17, 15) is 9.59 Å². The molecule has 0 bridgehead atoms. The Hall–Kier alpha value is -3.94. The minimum atomic E-state index is -0.307. The Morgan fingerprint density at radius 3 is 2.48 bits per heavy atom. The summed E-state index contributed by atoms with van der Waals surface area (Å²) in [5, 5.41) is 8.65. The van der Waals surface area contributed by atoms with E-state index in [1.807, 2.05) is 30.3 Å². The molecule has 8 nitrogen and oxygen atoms in total. The van der Waals surface area contributed by atoms with Gasteiger partial charge in [-0.05, 0) is 35.9 Å². The molecule has 1 heterocycles. The van der Waals surface area contributed by atoms with Crippen LogP contribution in [0.2, 0.25) is 0 Å². The first kappa shape index (κ1) is 19.8. The highest BCUT2D eigenvalue weighted by atomic mass is 16.5. The zero-order valence-corrected chi connectivity index (χ0v) is 16.1. The number of benzene rings is 2. The van der Waals surface area contributed by atoms with Crippen molar-refractivity contribution in [2.75, 3.05) is 17.7 Å². The lowest BCUT2D eigenvalue weighted by atomic mass is 10.2. The highest BCUT2D eigenvalue weighted by Crippen LogP contribution is 2.19. The van der Waals surface area contributed by atoms with Crippen LogP contribution in [-0.4, -0.2) is 28.9 Å². The number of hydrogen-bond donors (Lipinski definition) is 3. The topological polar surface area (TPSA) is 105 Å². The van der Waals surface area contributed by atoms with E-state index in [0.717, 1.165) is 17.0 Å². The summed E-state index contributed by atoms with van der Waals surface area (Å²) in [4.78, 5) is 31.8. The van der Waals surface area contributed by atoms with Gasteiger partial charge in [0.05, 0.1) is 7.11 Å². The third-order valence-corrected chi connectivity index (χ3v) is 3.97. The van der Waals surface area contributed by atoms with Gasteiger partial charge in [-0.15, -0.1) is 0 Å². The fraction of sp³-hybridized carbons (Fsp3) is 0.143. The summed E-state index contributed by atoms with van der Waals surface area (Å²) in [5.41, 5.74) is 2.57. The predicted molar refractivity (Wildman–Crippen MR) is 110 cm³/mol. The molecule has 3 aromatic rings. The molecule has 0 aliphatic carbocycles. The number of nitrogens with zero attached hydrogens (tertiary/aromatic N) is 2. The van der Waals surface area contributed by atoms with Gasteiger partial charge in [-0.25, -0.2) is 9.97 Å². The lowest BCUT2D eigenvalue weighted by Crippen LogP contribution is -2.24. The van der Waals surface area contributed by atoms with E-state index >= 15 is 0 Å². The van der Waals surface area contributed by atoms with Crippen LogP contribution in [0.3, 0.4) is 0 Å². The summed E-state index contributed by atoms with van der Waals surface area (Å²) < 4.78 is 5.12. The van der Waals surface area contributed by atoms with E-state index in [4.69, 9.17) is 4.74 Å². The summed E-state index contributed by atoms with van der Waals surface area (Å²) in [7, 11) is 1.60. The molecule has 8 heteroatoms. The Balaban J connectivity index is 1.64. The molecule has 1 aromatic heterocycles. The minimum Gasteiger partial charge on any atom is -0.497 e. The number of carbonyl (C=O) groups is 2. The van der Waals surface area contributed by atoms with Crippen molar-refractivity contribution in [1.29, 1.82) is 0 Å². The zero-order valence-electron chi connectivity index (χ0n) is 16.1. The number of carbonyl (C=O) groups excluding carboxylic acids is 2. The maximum atomic E-state index is 12.4. The lowest BCUT2D eigenvalue weighted by molar-refractivity contribution is -0.114. The van der Waals surface area contributed by atoms with Crippen molar-refractivity contribution in [1.82, 2.24) is 15.3 Å². The number of anilines is 3. The molecule has 0 aliphatic heterocycles. The Kier molecular flexibility index (Phi) is 6.36. The molecule has 0 aliphatic rings. The Morgan fingerprint density at radius 2 is 1.76 bits per heavy atom. The van der Waals surface area contributed by atoms with E-state index in [-0.39, 0.29) is 17.5 Å². The molecular formula is C21H21N5O3. The molecule has 0 unspecified atom stereocenters. The first-order chi connectivity index (χ1) is 14.0. The van der Waals surface area contributed by atoms with Crippen LogP contribution in [-0.2, 0) is 11.3 Å². The molecule has 0 fully saturated rings. The second-order valence-electron chi connectivity index (χ2n) is 6.21. The van der Waals surface area contributed by atoms with Gasteiger partial charge in [0.1, 0.15) is 23.6 Å². The standard InChI is InChI=1S/C21H21N5O3/c1-14(27)25-16-4-3-5-17(10-16)26-20-11-19(23-13-24-20)21(28)22-12-15-6-8-18(29-2)9-7-15/h3-11,13H,12H2,1-2H3,(H,22,28)(H,25,27)(H,23,24,26). The quantitative estimate of drug-likeness (QED) is 0.572. The predicted octanol–water partition coefficient (Wildman–Crippen LogP) is 3.12. The number of amides is 2. The highest BCUT2D eigenvalue weighted by molar-refractivity contribution is 5.93. The van der Waals surface area contributed by atoms with E-state index in [1.165, 1.54) is 13.3 Å². The molecule has 0 saturated heterocycles. The second kappa shape index (κ2) is 9.32. The molecular weight excluding hydrogens is 370 g/mol. The monoisotopic (exact) mass is 391 g/mol. The first-order valence-electron chi connectivity index (χ1n) is 8.91. The number of nitrogens with one attached hydrogen (secondary N) is 3. The molecule has 0 saturated carbocycles. The lowest BCUT2D eigenvalue weighted by Gasteiger charge is -2.09. The van der Waals surface area contributed by atoms with Crippen molar-refractivity contribution in [2.24, 2.45) is 0 Å². The van der Waals surface area contributed by atoms with Gasteiger partial charge in [0, 0.05) is 30.9 Å². The van der Waals surface area contributed by atoms with Gasteiger partial charge in [0.15, 0.2) is 0 Å². The van der Waals surface area contributed by atoms with Crippen LogP contribution in [0.4, 0.5) is 17.2 Å². The van der Waals surface area contributed by atoms with Crippen molar-refractivity contribution < 1.29 is 14.3 Å². The van der Waals surface area contributed by atoms with E-state index < -0.39 is 0 Å². The largest absolute Gasteiger partial charge is 0.497 e. The maximum Gasteiger partial charge on any atom is 0.270 e. The second-order valence-corrected chi connectivity index (χ2v) is 6.21. The van der Waals surface area contributed by atoms with Crippen molar-refractivity contribution in [3.8, 4) is 5.75 Å². The molecule has 148 valence electrons. The van der Waals surface area contributed by atoms with Crippen LogP contribution in [0.25, 0.3) is 0 Å². The molecule has 0 atom stereocenters. The first-order valence-corrected chi connectivity index (χ1v) is 8.91. The van der Waals surface area contributed by atoms with Gasteiger partial charge < -0.3 is 20.7 Å². The van der Waals surface area contributed by atoms with Crippen LogP contribution in [0, 0.1) is 0 Å². The van der Waals surface area contributed by atoms with Crippen molar-refractivity contribution in [2.45, 2.75) is 13.5 Å². The Labute approximate surface area is 168 Å². The van der Waals surface area contributed by atoms with Crippen LogP contribution in [0.5, 0.6) is 5.75 Å². The van der Waals surface area contributed by atoms with Crippen LogP contribution >= 0.6 is 0 Å². The summed E-state index contributed by atoms with van der Waals surface area (Å²) in [6.45, 7) is 1.82. The summed E-state index contributed by atoms with van der Waals surface area (Å²) in [6, 6.07) is 16.2. The third-order valence-electron chi connectivity index (χ3n) is 3.97. The Bertz CT molecular complexity index is 1010. The van der Waals surface area contributed by atoms with Gasteiger partial charge in [0.2, 0.25) is 5.91 Å². The van der Waals surface area contributed by atoms with Gasteiger partial charge in [-0.2, -0.15) is 0 Å². The van der Waals surface area contributed by atoms with Crippen LogP contribution in [0.1, 0.15) is 23.0 Å². The summed E-state index contributed by atoms with van der Waals surface area (Å²) >= 11 is 0. The average Bonchev–Trinajstić information content (AvgIpc) is 2.72. The molecule has 0 spiro atoms. The zero-order chi connectivity index (χ0) is 20.6. The van der Waals surface area contributed by atoms with Crippen molar-refractivity contribution in [3.63, 3.8) is 0 Å². The molecule has 2 aromatic carbocycles. The van der Waals surface area contributed by atoms with Crippen LogP contribution in [0.15, 0.2) is 60.9 Å². The highest BCUT2D eigenvalue weighted by Gasteiger charge is 2.09. The van der Waals surface area contributed by atoms with Gasteiger partial charge in [-0.3, -0.25) is 9.59 Å². The maximum absolute atomic E-state index is 12.4. The fourth-order valence-corrected chi connectivity index (χ4v) is 2.59. The fourth-order valence-electron chi connectivity index (χ4n) is 2.59. The summed E-state index contributed by atoms with van der Waals surface area (Å²) in [6.07, 6.45) is 1.32. The minimum absolute atomic E-state index is 0.153. The number of methoxy groups -OCH3 is 1. The SMILES string of the molecule is COc1ccc(CNC(=O)c2cc(Nc3cccc(NC(C)=O)c3)ncn2)cc1. The molecule has 2 amide bonds. The molecule has 3 rings (SSSR count). The number of aromatic nitrogens is 2. The number of hydrogen-bond acceptors (Lipinski definition) is 6. The van der Waals surface area contributed by atoms with E-state index in [1.54, 1.807) is 31.4 Å². The number of ether oxygens (including phenoxy) is 1. The van der Waals surface area contributed by atoms with E-state index in [2.05, 4.69) is 25.9 Å². The van der Waals surface area contributed by atoms with Gasteiger partial charge >= 0.3 is 0 Å².